The molecule has 0 bridgehead atoms. The summed E-state index contributed by atoms with van der Waals surface area (Å²) in [6.45, 7) is 8.51. The molecule has 1 heterocycles. The molecular formula is C15H27N3O2. The lowest BCUT2D eigenvalue weighted by Crippen LogP contribution is -2.30. The number of hydrogen-bond donors (Lipinski definition) is 1. The molecule has 1 aromatic rings. The Morgan fingerprint density at radius 2 is 2.05 bits per heavy atom. The molecule has 1 rings (SSSR count). The summed E-state index contributed by atoms with van der Waals surface area (Å²) in [7, 11) is 1.75. The Morgan fingerprint density at radius 3 is 2.55 bits per heavy atom. The van der Waals surface area contributed by atoms with Crippen molar-refractivity contribution in [3.05, 3.63) is 17.5 Å². The monoisotopic (exact) mass is 281 g/mol. The number of aromatic nitrogens is 2. The van der Waals surface area contributed by atoms with Gasteiger partial charge in [0.15, 0.2) is 5.69 Å². The maximum Gasteiger partial charge on any atom is 0.274 e. The maximum absolute atomic E-state index is 12.3. The lowest BCUT2D eigenvalue weighted by molar-refractivity contribution is 0.0762. The molecular weight excluding hydrogens is 254 g/mol. The average molecular weight is 281 g/mol. The number of aryl methyl sites for hydroxylation is 1. The van der Waals surface area contributed by atoms with Crippen molar-refractivity contribution in [3.63, 3.8) is 0 Å². The zero-order valence-electron chi connectivity index (χ0n) is 13.3. The van der Waals surface area contributed by atoms with E-state index in [9.17, 15) is 9.90 Å². The predicted octanol–water partition coefficient (Wildman–Crippen LogP) is 2.40. The smallest absolute Gasteiger partial charge is 0.274 e. The lowest BCUT2D eigenvalue weighted by Gasteiger charge is -2.17. The summed E-state index contributed by atoms with van der Waals surface area (Å²) in [6.07, 6.45) is 2.19. The standard InChI is InChI=1S/C15H27N3O2/c1-6-13(7-2)18-11(3)10-14(16-18)15(20)17(5)9-8-12(4)19/h10,12-13,19H,6-9H2,1-5H3. The zero-order chi connectivity index (χ0) is 15.3. The molecule has 5 heteroatoms. The van der Waals surface area contributed by atoms with Gasteiger partial charge in [-0.1, -0.05) is 13.8 Å². The maximum atomic E-state index is 12.3. The van der Waals surface area contributed by atoms with Crippen LogP contribution in [0.4, 0.5) is 0 Å². The van der Waals surface area contributed by atoms with E-state index in [1.165, 1.54) is 0 Å². The van der Waals surface area contributed by atoms with Crippen LogP contribution in [0, 0.1) is 6.92 Å². The van der Waals surface area contributed by atoms with Gasteiger partial charge in [-0.2, -0.15) is 5.10 Å². The quantitative estimate of drug-likeness (QED) is 0.835. The normalized spacial score (nSPS) is 12.8. The van der Waals surface area contributed by atoms with Gasteiger partial charge >= 0.3 is 0 Å². The number of carbonyl (C=O) groups excluding carboxylic acids is 1. The Hall–Kier alpha value is -1.36. The van der Waals surface area contributed by atoms with Gasteiger partial charge in [-0.05, 0) is 39.2 Å². The van der Waals surface area contributed by atoms with E-state index in [4.69, 9.17) is 0 Å². The van der Waals surface area contributed by atoms with Crippen LogP contribution < -0.4 is 0 Å². The van der Waals surface area contributed by atoms with Crippen LogP contribution >= 0.6 is 0 Å². The van der Waals surface area contributed by atoms with Crippen LogP contribution in [-0.2, 0) is 0 Å². The van der Waals surface area contributed by atoms with Gasteiger partial charge in [0, 0.05) is 19.3 Å². The number of amides is 1. The molecule has 0 fully saturated rings. The number of aliphatic hydroxyl groups excluding tert-OH is 1. The van der Waals surface area contributed by atoms with Crippen LogP contribution in [-0.4, -0.2) is 45.4 Å². The molecule has 1 amide bonds. The summed E-state index contributed by atoms with van der Waals surface area (Å²) in [5.41, 5.74) is 1.51. The van der Waals surface area contributed by atoms with Crippen LogP contribution in [0.25, 0.3) is 0 Å². The summed E-state index contributed by atoms with van der Waals surface area (Å²) in [6, 6.07) is 2.19. The van der Waals surface area contributed by atoms with Crippen LogP contribution in [0.1, 0.15) is 62.3 Å². The molecule has 1 unspecified atom stereocenters. The fraction of sp³-hybridized carbons (Fsp3) is 0.733. The van der Waals surface area contributed by atoms with Gasteiger partial charge in [0.25, 0.3) is 5.91 Å². The van der Waals surface area contributed by atoms with Crippen LogP contribution in [0.3, 0.4) is 0 Å². The molecule has 114 valence electrons. The molecule has 0 aliphatic rings. The molecule has 0 aliphatic carbocycles. The van der Waals surface area contributed by atoms with Crippen molar-refractivity contribution < 1.29 is 9.90 Å². The third kappa shape index (κ3) is 4.07. The molecule has 0 radical (unpaired) electrons. The number of rotatable bonds is 7. The molecule has 20 heavy (non-hydrogen) atoms. The average Bonchev–Trinajstić information content (AvgIpc) is 2.79. The van der Waals surface area contributed by atoms with Crippen molar-refractivity contribution in [1.82, 2.24) is 14.7 Å². The van der Waals surface area contributed by atoms with E-state index in [1.54, 1.807) is 18.9 Å². The van der Waals surface area contributed by atoms with Gasteiger partial charge in [-0.25, -0.2) is 0 Å². The van der Waals surface area contributed by atoms with Crippen molar-refractivity contribution in [1.29, 1.82) is 0 Å². The van der Waals surface area contributed by atoms with E-state index in [1.807, 2.05) is 17.7 Å². The van der Waals surface area contributed by atoms with E-state index in [0.717, 1.165) is 18.5 Å². The highest BCUT2D eigenvalue weighted by Gasteiger charge is 2.19. The van der Waals surface area contributed by atoms with Gasteiger partial charge in [0.05, 0.1) is 12.1 Å². The fourth-order valence-electron chi connectivity index (χ4n) is 2.27. The Bertz CT molecular complexity index is 436. The van der Waals surface area contributed by atoms with Gasteiger partial charge in [0.2, 0.25) is 0 Å². The fourth-order valence-corrected chi connectivity index (χ4v) is 2.27. The molecule has 0 saturated heterocycles. The van der Waals surface area contributed by atoms with Crippen LogP contribution in [0.2, 0.25) is 0 Å². The topological polar surface area (TPSA) is 58.4 Å². The highest BCUT2D eigenvalue weighted by molar-refractivity contribution is 5.92. The van der Waals surface area contributed by atoms with E-state index >= 15 is 0 Å². The Kier molecular flexibility index (Phi) is 6.20. The minimum atomic E-state index is -0.394. The summed E-state index contributed by atoms with van der Waals surface area (Å²) >= 11 is 0. The minimum absolute atomic E-state index is 0.0848. The first-order valence-corrected chi connectivity index (χ1v) is 7.40. The van der Waals surface area contributed by atoms with Gasteiger partial charge < -0.3 is 10.0 Å². The van der Waals surface area contributed by atoms with Gasteiger partial charge in [0.1, 0.15) is 0 Å². The number of nitrogens with zero attached hydrogens (tertiary/aromatic N) is 3. The van der Waals surface area contributed by atoms with Gasteiger partial charge in [-0.3, -0.25) is 9.48 Å². The van der Waals surface area contributed by atoms with E-state index in [-0.39, 0.29) is 5.91 Å². The Morgan fingerprint density at radius 1 is 1.45 bits per heavy atom. The highest BCUT2D eigenvalue weighted by atomic mass is 16.3. The van der Waals surface area contributed by atoms with Crippen molar-refractivity contribution in [3.8, 4) is 0 Å². The van der Waals surface area contributed by atoms with Crippen LogP contribution in [0.5, 0.6) is 0 Å². The first kappa shape index (κ1) is 16.7. The molecule has 0 saturated carbocycles. The molecule has 1 aromatic heterocycles. The first-order valence-electron chi connectivity index (χ1n) is 7.40. The summed E-state index contributed by atoms with van der Waals surface area (Å²) in [5, 5.41) is 13.7. The third-order valence-electron chi connectivity index (χ3n) is 3.66. The van der Waals surface area contributed by atoms with E-state index in [0.29, 0.717) is 24.7 Å². The largest absolute Gasteiger partial charge is 0.393 e. The van der Waals surface area contributed by atoms with Gasteiger partial charge in [-0.15, -0.1) is 0 Å². The van der Waals surface area contributed by atoms with E-state index < -0.39 is 6.10 Å². The second-order valence-electron chi connectivity index (χ2n) is 5.45. The zero-order valence-corrected chi connectivity index (χ0v) is 13.3. The Labute approximate surface area is 121 Å². The van der Waals surface area contributed by atoms with Crippen molar-refractivity contribution in [2.24, 2.45) is 0 Å². The predicted molar refractivity (Wildman–Crippen MR) is 79.8 cm³/mol. The summed E-state index contributed by atoms with van der Waals surface area (Å²) < 4.78 is 1.95. The minimum Gasteiger partial charge on any atom is -0.393 e. The third-order valence-corrected chi connectivity index (χ3v) is 3.66. The second-order valence-corrected chi connectivity index (χ2v) is 5.45. The lowest BCUT2D eigenvalue weighted by atomic mass is 10.2. The van der Waals surface area contributed by atoms with Crippen molar-refractivity contribution in [2.75, 3.05) is 13.6 Å². The molecule has 0 spiro atoms. The number of aliphatic hydroxyl groups is 1. The molecule has 5 nitrogen and oxygen atoms in total. The van der Waals surface area contributed by atoms with Crippen molar-refractivity contribution >= 4 is 5.91 Å². The Balaban J connectivity index is 2.81. The number of carbonyl (C=O) groups is 1. The van der Waals surface area contributed by atoms with E-state index in [2.05, 4.69) is 18.9 Å². The SMILES string of the molecule is CCC(CC)n1nc(C(=O)N(C)CCC(C)O)cc1C. The number of hydrogen-bond acceptors (Lipinski definition) is 3. The van der Waals surface area contributed by atoms with Crippen LogP contribution in [0.15, 0.2) is 6.07 Å². The summed E-state index contributed by atoms with van der Waals surface area (Å²) in [4.78, 5) is 13.9. The second kappa shape index (κ2) is 7.43. The molecule has 1 atom stereocenters. The molecule has 0 aliphatic heterocycles. The summed E-state index contributed by atoms with van der Waals surface area (Å²) in [5.74, 6) is -0.0848. The van der Waals surface area contributed by atoms with Crippen molar-refractivity contribution in [2.45, 2.75) is 59.1 Å². The first-order chi connectivity index (χ1) is 9.40. The molecule has 0 aromatic carbocycles. The highest BCUT2D eigenvalue weighted by Crippen LogP contribution is 2.18. The molecule has 1 N–H and O–H groups in total.